The van der Waals surface area contributed by atoms with E-state index in [4.69, 9.17) is 5.73 Å². The molecule has 1 saturated heterocycles. The van der Waals surface area contributed by atoms with E-state index in [0.29, 0.717) is 11.3 Å². The van der Waals surface area contributed by atoms with Crippen LogP contribution in [0.15, 0.2) is 18.2 Å². The minimum absolute atomic E-state index is 0.424. The van der Waals surface area contributed by atoms with Crippen LogP contribution < -0.4 is 10.6 Å². The van der Waals surface area contributed by atoms with E-state index in [0.717, 1.165) is 19.5 Å². The first-order valence-corrected chi connectivity index (χ1v) is 7.47. The second-order valence-corrected chi connectivity index (χ2v) is 6.68. The summed E-state index contributed by atoms with van der Waals surface area (Å²) in [5.74, 6) is 0.700. The first-order chi connectivity index (χ1) is 8.95. The summed E-state index contributed by atoms with van der Waals surface area (Å²) < 4.78 is 0. The van der Waals surface area contributed by atoms with Gasteiger partial charge in [-0.15, -0.1) is 0 Å². The molecule has 2 rings (SSSR count). The van der Waals surface area contributed by atoms with Crippen LogP contribution in [0.5, 0.6) is 0 Å². The molecule has 19 heavy (non-hydrogen) atoms. The van der Waals surface area contributed by atoms with E-state index >= 15 is 0 Å². The van der Waals surface area contributed by atoms with Crippen LogP contribution in [0.1, 0.15) is 37.8 Å². The van der Waals surface area contributed by atoms with Gasteiger partial charge >= 0.3 is 0 Å². The molecule has 2 nitrogen and oxygen atoms in total. The Morgan fingerprint density at radius 3 is 2.74 bits per heavy atom. The SMILES string of the molecule is Cc1cccc(N2CCC(C)(C)C(CCN)C2)c1C. The number of piperidine rings is 1. The summed E-state index contributed by atoms with van der Waals surface area (Å²) in [7, 11) is 0. The largest absolute Gasteiger partial charge is 0.371 e. The van der Waals surface area contributed by atoms with Crippen LogP contribution in [-0.4, -0.2) is 19.6 Å². The Labute approximate surface area is 118 Å². The van der Waals surface area contributed by atoms with Crippen LogP contribution in [0.2, 0.25) is 0 Å². The number of anilines is 1. The van der Waals surface area contributed by atoms with E-state index in [1.165, 1.54) is 29.8 Å². The fraction of sp³-hybridized carbons (Fsp3) is 0.647. The standard InChI is InChI=1S/C17H28N2/c1-13-6-5-7-16(14(13)2)19-11-9-17(3,4)15(12-19)8-10-18/h5-7,15H,8-12,18H2,1-4H3. The van der Waals surface area contributed by atoms with Crippen molar-refractivity contribution in [1.29, 1.82) is 0 Å². The van der Waals surface area contributed by atoms with Crippen molar-refractivity contribution in [2.24, 2.45) is 17.1 Å². The molecule has 0 saturated carbocycles. The van der Waals surface area contributed by atoms with Gasteiger partial charge in [0.2, 0.25) is 0 Å². The van der Waals surface area contributed by atoms with Gasteiger partial charge in [0.1, 0.15) is 0 Å². The molecule has 1 heterocycles. The Balaban J connectivity index is 2.21. The van der Waals surface area contributed by atoms with Gasteiger partial charge in [0.05, 0.1) is 0 Å². The Bertz CT molecular complexity index is 437. The minimum Gasteiger partial charge on any atom is -0.371 e. The van der Waals surface area contributed by atoms with Crippen molar-refractivity contribution in [2.75, 3.05) is 24.5 Å². The van der Waals surface area contributed by atoms with Crippen molar-refractivity contribution < 1.29 is 0 Å². The molecule has 0 aromatic heterocycles. The van der Waals surface area contributed by atoms with Gasteiger partial charge in [0.15, 0.2) is 0 Å². The molecule has 1 unspecified atom stereocenters. The van der Waals surface area contributed by atoms with Crippen LogP contribution in [0.3, 0.4) is 0 Å². The first kappa shape index (κ1) is 14.4. The third kappa shape index (κ3) is 2.94. The number of aryl methyl sites for hydroxylation is 1. The van der Waals surface area contributed by atoms with E-state index in [1.807, 2.05) is 0 Å². The van der Waals surface area contributed by atoms with E-state index in [1.54, 1.807) is 0 Å². The normalized spacial score (nSPS) is 22.6. The zero-order valence-electron chi connectivity index (χ0n) is 12.9. The highest BCUT2D eigenvalue weighted by atomic mass is 15.1. The maximum atomic E-state index is 5.80. The van der Waals surface area contributed by atoms with Gasteiger partial charge in [-0.05, 0) is 61.8 Å². The monoisotopic (exact) mass is 260 g/mol. The van der Waals surface area contributed by atoms with E-state index < -0.39 is 0 Å². The van der Waals surface area contributed by atoms with Crippen molar-refractivity contribution in [3.05, 3.63) is 29.3 Å². The van der Waals surface area contributed by atoms with Crippen LogP contribution in [0, 0.1) is 25.2 Å². The van der Waals surface area contributed by atoms with Crippen molar-refractivity contribution >= 4 is 5.69 Å². The Morgan fingerprint density at radius 2 is 2.05 bits per heavy atom. The van der Waals surface area contributed by atoms with E-state index in [2.05, 4.69) is 50.8 Å². The van der Waals surface area contributed by atoms with Gasteiger partial charge in [-0.1, -0.05) is 26.0 Å². The molecular weight excluding hydrogens is 232 g/mol. The van der Waals surface area contributed by atoms with E-state index in [-0.39, 0.29) is 0 Å². The lowest BCUT2D eigenvalue weighted by Gasteiger charge is -2.45. The summed E-state index contributed by atoms with van der Waals surface area (Å²) in [6.45, 7) is 12.3. The van der Waals surface area contributed by atoms with Gasteiger partial charge in [-0.25, -0.2) is 0 Å². The molecule has 2 N–H and O–H groups in total. The summed E-state index contributed by atoms with van der Waals surface area (Å²) in [5.41, 5.74) is 10.5. The predicted octanol–water partition coefficient (Wildman–Crippen LogP) is 3.50. The highest BCUT2D eigenvalue weighted by Crippen LogP contribution is 2.39. The lowest BCUT2D eigenvalue weighted by Crippen LogP contribution is -2.45. The van der Waals surface area contributed by atoms with Crippen LogP contribution in [-0.2, 0) is 0 Å². The molecule has 0 spiro atoms. The molecule has 1 aromatic carbocycles. The summed E-state index contributed by atoms with van der Waals surface area (Å²) in [6.07, 6.45) is 2.39. The molecule has 0 radical (unpaired) electrons. The smallest absolute Gasteiger partial charge is 0.0398 e. The van der Waals surface area contributed by atoms with Crippen molar-refractivity contribution in [2.45, 2.75) is 40.5 Å². The summed E-state index contributed by atoms with van der Waals surface area (Å²) in [6, 6.07) is 6.64. The van der Waals surface area contributed by atoms with Crippen LogP contribution in [0.4, 0.5) is 5.69 Å². The highest BCUT2D eigenvalue weighted by Gasteiger charge is 2.35. The fourth-order valence-corrected chi connectivity index (χ4v) is 3.21. The topological polar surface area (TPSA) is 29.3 Å². The van der Waals surface area contributed by atoms with Gasteiger partial charge < -0.3 is 10.6 Å². The molecule has 2 heteroatoms. The summed E-state index contributed by atoms with van der Waals surface area (Å²) in [5, 5.41) is 0. The average molecular weight is 260 g/mol. The van der Waals surface area contributed by atoms with Crippen molar-refractivity contribution in [1.82, 2.24) is 0 Å². The molecule has 1 aliphatic heterocycles. The highest BCUT2D eigenvalue weighted by molar-refractivity contribution is 5.56. The number of rotatable bonds is 3. The Kier molecular flexibility index (Phi) is 4.19. The molecule has 106 valence electrons. The third-order valence-corrected chi connectivity index (χ3v) is 5.00. The van der Waals surface area contributed by atoms with Crippen LogP contribution >= 0.6 is 0 Å². The van der Waals surface area contributed by atoms with Gasteiger partial charge in [-0.3, -0.25) is 0 Å². The Hall–Kier alpha value is -1.02. The molecular formula is C17H28N2. The van der Waals surface area contributed by atoms with Gasteiger partial charge in [0, 0.05) is 18.8 Å². The fourth-order valence-electron chi connectivity index (χ4n) is 3.21. The first-order valence-electron chi connectivity index (χ1n) is 7.47. The molecule has 1 aliphatic rings. The number of nitrogens with two attached hydrogens (primary N) is 1. The molecule has 1 aromatic rings. The van der Waals surface area contributed by atoms with E-state index in [9.17, 15) is 0 Å². The van der Waals surface area contributed by atoms with Crippen LogP contribution in [0.25, 0.3) is 0 Å². The molecule has 1 fully saturated rings. The lowest BCUT2D eigenvalue weighted by molar-refractivity contribution is 0.163. The van der Waals surface area contributed by atoms with Crippen molar-refractivity contribution in [3.8, 4) is 0 Å². The summed E-state index contributed by atoms with van der Waals surface area (Å²) >= 11 is 0. The molecule has 0 amide bonds. The quantitative estimate of drug-likeness (QED) is 0.901. The maximum absolute atomic E-state index is 5.80. The third-order valence-electron chi connectivity index (χ3n) is 5.00. The predicted molar refractivity (Wildman–Crippen MR) is 83.7 cm³/mol. The number of benzene rings is 1. The van der Waals surface area contributed by atoms with Gasteiger partial charge in [0.25, 0.3) is 0 Å². The number of hydrogen-bond acceptors (Lipinski definition) is 2. The summed E-state index contributed by atoms with van der Waals surface area (Å²) in [4.78, 5) is 2.56. The molecule has 0 bridgehead atoms. The second kappa shape index (κ2) is 5.54. The zero-order valence-corrected chi connectivity index (χ0v) is 12.9. The zero-order chi connectivity index (χ0) is 14.0. The minimum atomic E-state index is 0.424. The van der Waals surface area contributed by atoms with Crippen molar-refractivity contribution in [3.63, 3.8) is 0 Å². The number of hydrogen-bond donors (Lipinski definition) is 1. The molecule has 0 aliphatic carbocycles. The second-order valence-electron chi connectivity index (χ2n) is 6.68. The molecule has 1 atom stereocenters. The Morgan fingerprint density at radius 1 is 1.32 bits per heavy atom. The van der Waals surface area contributed by atoms with Gasteiger partial charge in [-0.2, -0.15) is 0 Å². The lowest BCUT2D eigenvalue weighted by atomic mass is 9.71. The average Bonchev–Trinajstić information content (AvgIpc) is 2.36. The maximum Gasteiger partial charge on any atom is 0.0398 e. The number of nitrogens with zero attached hydrogens (tertiary/aromatic N) is 1.